The van der Waals surface area contributed by atoms with Crippen LogP contribution in [0.2, 0.25) is 0 Å². The molecule has 0 fully saturated rings. The fourth-order valence-electron chi connectivity index (χ4n) is 2.14. The zero-order valence-electron chi connectivity index (χ0n) is 13.0. The molecule has 1 N–H and O–H groups in total. The first-order valence-electron chi connectivity index (χ1n) is 7.41. The fourth-order valence-corrected chi connectivity index (χ4v) is 3.16. The minimum atomic E-state index is -4.51. The van der Waals surface area contributed by atoms with Crippen LogP contribution < -0.4 is 4.72 Å². The van der Waals surface area contributed by atoms with E-state index in [1.54, 1.807) is 12.1 Å². The molecule has 2 rings (SSSR count). The van der Waals surface area contributed by atoms with Crippen LogP contribution in [0.15, 0.2) is 41.4 Å². The van der Waals surface area contributed by atoms with Crippen molar-refractivity contribution >= 4 is 10.0 Å². The molecule has 5 nitrogen and oxygen atoms in total. The number of alkyl halides is 3. The molecule has 0 spiro atoms. The molecule has 1 aromatic carbocycles. The minimum Gasteiger partial charge on any atom is -0.271 e. The fraction of sp³-hybridized carbons (Fsp3) is 0.400. The predicted molar refractivity (Wildman–Crippen MR) is 82.9 cm³/mol. The SMILES string of the molecule is CCCc1ccc(S(=O)(=O)NCCn2ccc(C(F)(F)F)n2)cc1. The van der Waals surface area contributed by atoms with E-state index in [1.807, 2.05) is 6.92 Å². The Morgan fingerprint density at radius 3 is 2.38 bits per heavy atom. The van der Waals surface area contributed by atoms with E-state index in [0.717, 1.165) is 35.4 Å². The van der Waals surface area contributed by atoms with Gasteiger partial charge in [-0.2, -0.15) is 18.3 Å². The Bertz CT molecular complexity index is 768. The van der Waals surface area contributed by atoms with Gasteiger partial charge in [-0.25, -0.2) is 13.1 Å². The molecule has 24 heavy (non-hydrogen) atoms. The van der Waals surface area contributed by atoms with E-state index in [9.17, 15) is 21.6 Å². The van der Waals surface area contributed by atoms with Crippen molar-refractivity contribution in [2.24, 2.45) is 0 Å². The van der Waals surface area contributed by atoms with E-state index in [-0.39, 0.29) is 18.0 Å². The minimum absolute atomic E-state index is 0.00320. The van der Waals surface area contributed by atoms with Crippen molar-refractivity contribution in [3.05, 3.63) is 47.8 Å². The van der Waals surface area contributed by atoms with Crippen LogP contribution in [0.1, 0.15) is 24.6 Å². The van der Waals surface area contributed by atoms with Gasteiger partial charge < -0.3 is 0 Å². The number of sulfonamides is 1. The van der Waals surface area contributed by atoms with Gasteiger partial charge in [0.2, 0.25) is 10.0 Å². The highest BCUT2D eigenvalue weighted by Gasteiger charge is 2.33. The van der Waals surface area contributed by atoms with Gasteiger partial charge in [-0.3, -0.25) is 4.68 Å². The highest BCUT2D eigenvalue weighted by Crippen LogP contribution is 2.27. The summed E-state index contributed by atoms with van der Waals surface area (Å²) in [6.07, 6.45) is -1.51. The largest absolute Gasteiger partial charge is 0.435 e. The van der Waals surface area contributed by atoms with E-state index >= 15 is 0 Å². The molecule has 0 aliphatic carbocycles. The molecule has 2 aromatic rings. The molecule has 0 saturated heterocycles. The topological polar surface area (TPSA) is 64.0 Å². The standard InChI is InChI=1S/C15H18F3N3O2S/c1-2-3-12-4-6-13(7-5-12)24(22,23)19-9-11-21-10-8-14(20-21)15(16,17)18/h4-8,10,19H,2-3,9,11H2,1H3. The molecular weight excluding hydrogens is 343 g/mol. The van der Waals surface area contributed by atoms with E-state index in [4.69, 9.17) is 0 Å². The van der Waals surface area contributed by atoms with Gasteiger partial charge in [0.05, 0.1) is 11.4 Å². The van der Waals surface area contributed by atoms with Crippen molar-refractivity contribution in [1.29, 1.82) is 0 Å². The number of benzene rings is 1. The number of aryl methyl sites for hydroxylation is 1. The molecule has 1 heterocycles. The van der Waals surface area contributed by atoms with E-state index in [1.165, 1.54) is 12.1 Å². The second-order valence-corrected chi connectivity index (χ2v) is 7.02. The molecule has 0 aliphatic rings. The van der Waals surface area contributed by atoms with E-state index in [0.29, 0.717) is 0 Å². The van der Waals surface area contributed by atoms with Gasteiger partial charge in [-0.15, -0.1) is 0 Å². The zero-order valence-corrected chi connectivity index (χ0v) is 13.9. The number of rotatable bonds is 7. The Balaban J connectivity index is 1.94. The van der Waals surface area contributed by atoms with Crippen LogP contribution >= 0.6 is 0 Å². The number of aromatic nitrogens is 2. The normalized spacial score (nSPS) is 12.5. The van der Waals surface area contributed by atoms with Gasteiger partial charge in [0.25, 0.3) is 0 Å². The summed E-state index contributed by atoms with van der Waals surface area (Å²) in [5.74, 6) is 0. The third-order valence-corrected chi connectivity index (χ3v) is 4.81. The second kappa shape index (κ2) is 7.35. The van der Waals surface area contributed by atoms with Crippen LogP contribution in [0.3, 0.4) is 0 Å². The van der Waals surface area contributed by atoms with Gasteiger partial charge in [-0.1, -0.05) is 25.5 Å². The average molecular weight is 361 g/mol. The summed E-state index contributed by atoms with van der Waals surface area (Å²) in [4.78, 5) is 0.124. The highest BCUT2D eigenvalue weighted by atomic mass is 32.2. The molecule has 0 amide bonds. The van der Waals surface area contributed by atoms with Crippen LogP contribution in [0.5, 0.6) is 0 Å². The molecule has 132 valence electrons. The van der Waals surface area contributed by atoms with Crippen molar-refractivity contribution in [2.75, 3.05) is 6.54 Å². The lowest BCUT2D eigenvalue weighted by Gasteiger charge is -2.08. The van der Waals surface area contributed by atoms with Crippen LogP contribution in [-0.4, -0.2) is 24.7 Å². The summed E-state index contributed by atoms with van der Waals surface area (Å²) < 4.78 is 65.0. The van der Waals surface area contributed by atoms with Gasteiger partial charge in [0.1, 0.15) is 0 Å². The van der Waals surface area contributed by atoms with Crippen molar-refractivity contribution in [3.8, 4) is 0 Å². The molecule has 0 unspecified atom stereocenters. The predicted octanol–water partition coefficient (Wildman–Crippen LogP) is 2.83. The summed E-state index contributed by atoms with van der Waals surface area (Å²) in [7, 11) is -3.70. The first kappa shape index (κ1) is 18.5. The smallest absolute Gasteiger partial charge is 0.271 e. The third-order valence-electron chi connectivity index (χ3n) is 3.34. The Morgan fingerprint density at radius 2 is 1.83 bits per heavy atom. The van der Waals surface area contributed by atoms with Crippen molar-refractivity contribution in [3.63, 3.8) is 0 Å². The Labute approximate surface area is 138 Å². The van der Waals surface area contributed by atoms with Gasteiger partial charge >= 0.3 is 6.18 Å². The summed E-state index contributed by atoms with van der Waals surface area (Å²) in [6, 6.07) is 7.38. The number of halogens is 3. The van der Waals surface area contributed by atoms with E-state index < -0.39 is 21.9 Å². The average Bonchev–Trinajstić information content (AvgIpc) is 2.97. The Kier molecular flexibility index (Phi) is 5.66. The number of hydrogen-bond acceptors (Lipinski definition) is 3. The maximum Gasteiger partial charge on any atom is 0.435 e. The number of nitrogens with one attached hydrogen (secondary N) is 1. The molecule has 0 bridgehead atoms. The Morgan fingerprint density at radius 1 is 1.17 bits per heavy atom. The van der Waals surface area contributed by atoms with E-state index in [2.05, 4.69) is 9.82 Å². The van der Waals surface area contributed by atoms with Gasteiger partial charge in [-0.05, 0) is 30.2 Å². The molecule has 0 aliphatic heterocycles. The molecule has 9 heteroatoms. The lowest BCUT2D eigenvalue weighted by molar-refractivity contribution is -0.141. The van der Waals surface area contributed by atoms with Gasteiger partial charge in [0.15, 0.2) is 5.69 Å². The summed E-state index contributed by atoms with van der Waals surface area (Å²) in [5, 5.41) is 3.36. The molecule has 1 aromatic heterocycles. The lowest BCUT2D eigenvalue weighted by atomic mass is 10.1. The summed E-state index contributed by atoms with van der Waals surface area (Å²) in [5.41, 5.74) is 0.0459. The van der Waals surface area contributed by atoms with Crippen molar-refractivity contribution in [1.82, 2.24) is 14.5 Å². The van der Waals surface area contributed by atoms with Crippen molar-refractivity contribution in [2.45, 2.75) is 37.4 Å². The molecule has 0 saturated carbocycles. The Hall–Kier alpha value is -1.87. The third kappa shape index (κ3) is 4.81. The zero-order chi connectivity index (χ0) is 17.8. The number of nitrogens with zero attached hydrogens (tertiary/aromatic N) is 2. The molecule has 0 radical (unpaired) electrons. The first-order chi connectivity index (χ1) is 11.2. The van der Waals surface area contributed by atoms with Crippen LogP contribution in [0.25, 0.3) is 0 Å². The molecular formula is C15H18F3N3O2S. The van der Waals surface area contributed by atoms with Gasteiger partial charge in [0, 0.05) is 12.7 Å². The summed E-state index contributed by atoms with van der Waals surface area (Å²) >= 11 is 0. The van der Waals surface area contributed by atoms with Crippen LogP contribution in [-0.2, 0) is 29.2 Å². The summed E-state index contributed by atoms with van der Waals surface area (Å²) in [6.45, 7) is 1.98. The second-order valence-electron chi connectivity index (χ2n) is 5.25. The lowest BCUT2D eigenvalue weighted by Crippen LogP contribution is -2.27. The quantitative estimate of drug-likeness (QED) is 0.825. The first-order valence-corrected chi connectivity index (χ1v) is 8.90. The van der Waals surface area contributed by atoms with Crippen LogP contribution in [0, 0.1) is 0 Å². The molecule has 0 atom stereocenters. The highest BCUT2D eigenvalue weighted by molar-refractivity contribution is 7.89. The van der Waals surface area contributed by atoms with Crippen molar-refractivity contribution < 1.29 is 21.6 Å². The maximum absolute atomic E-state index is 12.4. The number of hydrogen-bond donors (Lipinski definition) is 1. The maximum atomic E-state index is 12.4. The monoisotopic (exact) mass is 361 g/mol. The van der Waals surface area contributed by atoms with Crippen LogP contribution in [0.4, 0.5) is 13.2 Å².